The van der Waals surface area contributed by atoms with Gasteiger partial charge in [-0.2, -0.15) is 0 Å². The fourth-order valence-corrected chi connectivity index (χ4v) is 2.96. The highest BCUT2D eigenvalue weighted by Crippen LogP contribution is 2.35. The van der Waals surface area contributed by atoms with Crippen LogP contribution in [-0.2, 0) is 4.79 Å². The lowest BCUT2D eigenvalue weighted by Crippen LogP contribution is -2.29. The van der Waals surface area contributed by atoms with E-state index < -0.39 is 20.0 Å². The quantitative estimate of drug-likeness (QED) is 0.674. The Kier molecular flexibility index (Phi) is 2.87. The first-order chi connectivity index (χ1) is 7.78. The highest BCUT2D eigenvalue weighted by molar-refractivity contribution is 9.10. The van der Waals surface area contributed by atoms with Gasteiger partial charge in [0, 0.05) is 6.07 Å². The molecule has 0 aliphatic carbocycles. The lowest BCUT2D eigenvalue weighted by molar-refractivity contribution is -0.112. The number of rotatable bonds is 2. The lowest BCUT2D eigenvalue weighted by atomic mass is 10.1. The van der Waals surface area contributed by atoms with Gasteiger partial charge in [0.25, 0.3) is 11.7 Å². The van der Waals surface area contributed by atoms with Gasteiger partial charge in [0.05, 0.1) is 15.7 Å². The van der Waals surface area contributed by atoms with E-state index in [-0.39, 0.29) is 0 Å². The molecule has 4 nitrogen and oxygen atoms in total. The summed E-state index contributed by atoms with van der Waals surface area (Å²) in [5.74, 6) is -0.421. The Balaban J connectivity index is 2.44. The Morgan fingerprint density at radius 1 is 1.24 bits per heavy atom. The van der Waals surface area contributed by atoms with Crippen molar-refractivity contribution in [1.82, 2.24) is 0 Å². The molecule has 0 radical (unpaired) electrons. The fraction of sp³-hybridized carbons (Fsp3) is 0.273. The van der Waals surface area contributed by atoms with Gasteiger partial charge in [0.15, 0.2) is 0 Å². The van der Waals surface area contributed by atoms with Gasteiger partial charge in [-0.25, -0.2) is 0 Å². The number of nitrogens with one attached hydrogen (secondary N) is 1. The molecule has 1 aromatic carbocycles. The number of fused-ring (bicyclic) bond motifs is 1. The summed E-state index contributed by atoms with van der Waals surface area (Å²) in [7, 11) is -1.72. The van der Waals surface area contributed by atoms with Crippen molar-refractivity contribution in [2.24, 2.45) is 0 Å². The first-order valence-electron chi connectivity index (χ1n) is 5.16. The molecule has 0 fully saturated rings. The van der Waals surface area contributed by atoms with E-state index in [1.807, 2.05) is 0 Å². The molecule has 1 heterocycles. The molecule has 1 N–H and O–H groups in total. The van der Waals surface area contributed by atoms with Crippen LogP contribution in [0.4, 0.5) is 5.69 Å². The fourth-order valence-electron chi connectivity index (χ4n) is 1.55. The van der Waals surface area contributed by atoms with Gasteiger partial charge >= 0.3 is 0 Å². The van der Waals surface area contributed by atoms with Crippen LogP contribution in [0.1, 0.15) is 10.4 Å². The third kappa shape index (κ3) is 2.42. The number of amides is 1. The van der Waals surface area contributed by atoms with Crippen LogP contribution in [0.3, 0.4) is 0 Å². The normalized spacial score (nSPS) is 14.6. The smallest absolute Gasteiger partial charge is 0.296 e. The second kappa shape index (κ2) is 3.96. The monoisotopic (exact) mass is 313 g/mol. The van der Waals surface area contributed by atoms with Crippen LogP contribution < -0.4 is 9.74 Å². The molecule has 0 unspecified atom stereocenters. The Bertz CT molecular complexity index is 522. The zero-order valence-corrected chi connectivity index (χ0v) is 12.3. The molecule has 0 atom stereocenters. The maximum atomic E-state index is 11.5. The number of hydrogen-bond donors (Lipinski definition) is 1. The lowest BCUT2D eigenvalue weighted by Gasteiger charge is -2.20. The Hall–Kier alpha value is -1.14. The highest BCUT2D eigenvalue weighted by atomic mass is 79.9. The summed E-state index contributed by atoms with van der Waals surface area (Å²) in [5, 5.41) is 2.53. The maximum Gasteiger partial charge on any atom is 0.296 e. The molecule has 90 valence electrons. The number of ketones is 1. The minimum atomic E-state index is -1.72. The third-order valence-corrected chi connectivity index (χ3v) is 3.64. The van der Waals surface area contributed by atoms with E-state index in [9.17, 15) is 9.59 Å². The Morgan fingerprint density at radius 3 is 2.47 bits per heavy atom. The van der Waals surface area contributed by atoms with E-state index in [0.29, 0.717) is 21.5 Å². The molecule has 1 aromatic rings. The van der Waals surface area contributed by atoms with Gasteiger partial charge in [-0.3, -0.25) is 9.59 Å². The highest BCUT2D eigenvalue weighted by Gasteiger charge is 2.30. The van der Waals surface area contributed by atoms with E-state index in [2.05, 4.69) is 40.9 Å². The summed E-state index contributed by atoms with van der Waals surface area (Å²) in [5.41, 5.74) is 0.918. The van der Waals surface area contributed by atoms with Gasteiger partial charge in [0.1, 0.15) is 5.75 Å². The SMILES string of the molecule is C[Si](C)(C)Oc1cc2c(cc1Br)C(=O)C(=O)N2. The van der Waals surface area contributed by atoms with Crippen molar-refractivity contribution in [1.29, 1.82) is 0 Å². The zero-order chi connectivity index (χ0) is 12.8. The van der Waals surface area contributed by atoms with E-state index in [1.54, 1.807) is 12.1 Å². The molecule has 0 spiro atoms. The third-order valence-electron chi connectivity index (χ3n) is 2.19. The van der Waals surface area contributed by atoms with Crippen LogP contribution in [0, 0.1) is 0 Å². The van der Waals surface area contributed by atoms with E-state index in [0.717, 1.165) is 0 Å². The van der Waals surface area contributed by atoms with Crippen molar-refractivity contribution in [3.63, 3.8) is 0 Å². The zero-order valence-electron chi connectivity index (χ0n) is 9.76. The summed E-state index contributed by atoms with van der Waals surface area (Å²) < 4.78 is 6.56. The first-order valence-corrected chi connectivity index (χ1v) is 9.36. The van der Waals surface area contributed by atoms with Crippen LogP contribution in [0.2, 0.25) is 19.6 Å². The largest absolute Gasteiger partial charge is 0.544 e. The number of hydrogen-bond acceptors (Lipinski definition) is 3. The minimum Gasteiger partial charge on any atom is -0.544 e. The van der Waals surface area contributed by atoms with Gasteiger partial charge in [-0.1, -0.05) is 0 Å². The summed E-state index contributed by atoms with van der Waals surface area (Å²) >= 11 is 3.36. The number of carbonyl (C=O) groups excluding carboxylic acids is 2. The molecule has 17 heavy (non-hydrogen) atoms. The van der Waals surface area contributed by atoms with E-state index in [4.69, 9.17) is 4.43 Å². The molecular formula is C11H12BrNO3Si. The molecule has 1 aliphatic heterocycles. The van der Waals surface area contributed by atoms with Crippen molar-refractivity contribution in [3.05, 3.63) is 22.2 Å². The molecule has 0 saturated carbocycles. The summed E-state index contributed by atoms with van der Waals surface area (Å²) in [6.07, 6.45) is 0. The van der Waals surface area contributed by atoms with Gasteiger partial charge in [0.2, 0.25) is 8.32 Å². The Morgan fingerprint density at radius 2 is 1.88 bits per heavy atom. The van der Waals surface area contributed by atoms with Gasteiger partial charge < -0.3 is 9.74 Å². The van der Waals surface area contributed by atoms with Crippen LogP contribution in [0.25, 0.3) is 0 Å². The average Bonchev–Trinajstić information content (AvgIpc) is 2.43. The molecule has 1 aliphatic rings. The Labute approximate surface area is 109 Å². The minimum absolute atomic E-state index is 0.393. The van der Waals surface area contributed by atoms with Crippen molar-refractivity contribution in [2.75, 3.05) is 5.32 Å². The predicted octanol–water partition coefficient (Wildman–Crippen LogP) is 2.80. The topological polar surface area (TPSA) is 55.4 Å². The number of anilines is 1. The van der Waals surface area contributed by atoms with Crippen LogP contribution in [0.15, 0.2) is 16.6 Å². The second-order valence-corrected chi connectivity index (χ2v) is 10.1. The van der Waals surface area contributed by atoms with Gasteiger partial charge in [-0.15, -0.1) is 0 Å². The average molecular weight is 314 g/mol. The number of halogens is 1. The predicted molar refractivity (Wildman–Crippen MR) is 71.1 cm³/mol. The summed E-state index contributed by atoms with van der Waals surface area (Å²) in [6.45, 7) is 6.20. The van der Waals surface area contributed by atoms with Crippen LogP contribution in [-0.4, -0.2) is 20.0 Å². The molecule has 1 amide bonds. The number of Topliss-reactive ketones (excluding diaryl/α,β-unsaturated/α-hetero) is 1. The van der Waals surface area contributed by atoms with E-state index >= 15 is 0 Å². The number of carbonyl (C=O) groups is 2. The molecule has 2 rings (SSSR count). The van der Waals surface area contributed by atoms with E-state index in [1.165, 1.54) is 0 Å². The summed E-state index contributed by atoms with van der Waals surface area (Å²) in [6, 6.07) is 3.32. The summed E-state index contributed by atoms with van der Waals surface area (Å²) in [4.78, 5) is 22.7. The number of benzene rings is 1. The van der Waals surface area contributed by atoms with Crippen molar-refractivity contribution >= 4 is 41.6 Å². The molecule has 6 heteroatoms. The maximum absolute atomic E-state index is 11.5. The molecular weight excluding hydrogens is 302 g/mol. The van der Waals surface area contributed by atoms with Gasteiger partial charge in [-0.05, 0) is 41.6 Å². The van der Waals surface area contributed by atoms with Crippen molar-refractivity contribution < 1.29 is 14.0 Å². The first kappa shape index (κ1) is 12.3. The van der Waals surface area contributed by atoms with Crippen molar-refractivity contribution in [3.8, 4) is 5.75 Å². The van der Waals surface area contributed by atoms with Crippen LogP contribution >= 0.6 is 15.9 Å². The molecule has 0 aromatic heterocycles. The second-order valence-electron chi connectivity index (χ2n) is 4.83. The molecule has 0 saturated heterocycles. The molecule has 0 bridgehead atoms. The van der Waals surface area contributed by atoms with Crippen LogP contribution in [0.5, 0.6) is 5.75 Å². The standard InChI is InChI=1S/C11H12BrNO3Si/c1-17(2,3)16-9-5-8-6(4-7(9)12)10(14)11(15)13-8/h4-5H,1-3H3,(H,13,14,15). The van der Waals surface area contributed by atoms with Crippen molar-refractivity contribution in [2.45, 2.75) is 19.6 Å².